The SMILES string of the molecule is O=C(Nc1cccc2c1CCCC2)c1cnc(Cl)c(Cl)c1. The molecule has 1 aromatic heterocycles. The van der Waals surface area contributed by atoms with Crippen LogP contribution in [0, 0.1) is 0 Å². The molecule has 3 rings (SSSR count). The number of anilines is 1. The van der Waals surface area contributed by atoms with Crippen LogP contribution in [0.4, 0.5) is 5.69 Å². The van der Waals surface area contributed by atoms with Crippen LogP contribution in [0.1, 0.15) is 34.3 Å². The van der Waals surface area contributed by atoms with Crippen molar-refractivity contribution in [3.8, 4) is 0 Å². The first-order chi connectivity index (χ1) is 10.1. The molecule has 21 heavy (non-hydrogen) atoms. The van der Waals surface area contributed by atoms with E-state index in [-0.39, 0.29) is 16.1 Å². The maximum atomic E-state index is 12.3. The number of hydrogen-bond donors (Lipinski definition) is 1. The monoisotopic (exact) mass is 320 g/mol. The predicted molar refractivity (Wildman–Crippen MR) is 85.3 cm³/mol. The van der Waals surface area contributed by atoms with Gasteiger partial charge in [-0.2, -0.15) is 0 Å². The van der Waals surface area contributed by atoms with Crippen LogP contribution in [0.25, 0.3) is 0 Å². The summed E-state index contributed by atoms with van der Waals surface area (Å²) in [4.78, 5) is 16.2. The van der Waals surface area contributed by atoms with E-state index in [0.717, 1.165) is 24.9 Å². The van der Waals surface area contributed by atoms with Gasteiger partial charge in [0.2, 0.25) is 0 Å². The third-order valence-corrected chi connectivity index (χ3v) is 4.39. The van der Waals surface area contributed by atoms with Gasteiger partial charge in [0.15, 0.2) is 0 Å². The van der Waals surface area contributed by atoms with Crippen LogP contribution in [-0.2, 0) is 12.8 Å². The molecule has 0 atom stereocenters. The minimum Gasteiger partial charge on any atom is -0.322 e. The zero-order valence-corrected chi connectivity index (χ0v) is 12.8. The molecule has 0 fully saturated rings. The van der Waals surface area contributed by atoms with Gasteiger partial charge in [-0.1, -0.05) is 35.3 Å². The van der Waals surface area contributed by atoms with Gasteiger partial charge in [0, 0.05) is 11.9 Å². The topological polar surface area (TPSA) is 42.0 Å². The highest BCUT2D eigenvalue weighted by atomic mass is 35.5. The van der Waals surface area contributed by atoms with Gasteiger partial charge < -0.3 is 5.32 Å². The second kappa shape index (κ2) is 6.04. The highest BCUT2D eigenvalue weighted by molar-refractivity contribution is 6.41. The van der Waals surface area contributed by atoms with Crippen LogP contribution in [-0.4, -0.2) is 10.9 Å². The minimum atomic E-state index is -0.222. The van der Waals surface area contributed by atoms with E-state index in [2.05, 4.69) is 16.4 Å². The number of carbonyl (C=O) groups is 1. The highest BCUT2D eigenvalue weighted by Crippen LogP contribution is 2.28. The Morgan fingerprint density at radius 2 is 2.00 bits per heavy atom. The summed E-state index contributed by atoms with van der Waals surface area (Å²) in [6.07, 6.45) is 5.88. The van der Waals surface area contributed by atoms with Gasteiger partial charge in [-0.15, -0.1) is 0 Å². The molecule has 1 N–H and O–H groups in total. The quantitative estimate of drug-likeness (QED) is 0.826. The molecule has 0 aliphatic heterocycles. The third-order valence-electron chi connectivity index (χ3n) is 3.70. The fourth-order valence-corrected chi connectivity index (χ4v) is 2.91. The van der Waals surface area contributed by atoms with Gasteiger partial charge in [0.25, 0.3) is 5.91 Å². The van der Waals surface area contributed by atoms with E-state index >= 15 is 0 Å². The first-order valence-electron chi connectivity index (χ1n) is 6.88. The van der Waals surface area contributed by atoms with Crippen molar-refractivity contribution in [2.75, 3.05) is 5.32 Å². The summed E-state index contributed by atoms with van der Waals surface area (Å²) in [5.74, 6) is -0.222. The second-order valence-electron chi connectivity index (χ2n) is 5.10. The number of carbonyl (C=O) groups excluding carboxylic acids is 1. The number of fused-ring (bicyclic) bond motifs is 1. The zero-order valence-electron chi connectivity index (χ0n) is 11.3. The molecule has 0 radical (unpaired) electrons. The number of aromatic nitrogens is 1. The number of rotatable bonds is 2. The van der Waals surface area contributed by atoms with Crippen LogP contribution in [0.2, 0.25) is 10.2 Å². The lowest BCUT2D eigenvalue weighted by atomic mass is 9.90. The lowest BCUT2D eigenvalue weighted by Crippen LogP contribution is -2.15. The van der Waals surface area contributed by atoms with Crippen molar-refractivity contribution >= 4 is 34.8 Å². The largest absolute Gasteiger partial charge is 0.322 e. The van der Waals surface area contributed by atoms with Crippen LogP contribution in [0.5, 0.6) is 0 Å². The van der Waals surface area contributed by atoms with Gasteiger partial charge >= 0.3 is 0 Å². The molecule has 0 bridgehead atoms. The van der Waals surface area contributed by atoms with Crippen LogP contribution in [0.15, 0.2) is 30.5 Å². The van der Waals surface area contributed by atoms with Gasteiger partial charge in [0.05, 0.1) is 10.6 Å². The van der Waals surface area contributed by atoms with Crippen molar-refractivity contribution in [2.45, 2.75) is 25.7 Å². The fourth-order valence-electron chi connectivity index (χ4n) is 2.64. The van der Waals surface area contributed by atoms with Crippen molar-refractivity contribution in [3.05, 3.63) is 57.3 Å². The average Bonchev–Trinajstić information content (AvgIpc) is 2.50. The Kier molecular flexibility index (Phi) is 4.13. The number of halogens is 2. The highest BCUT2D eigenvalue weighted by Gasteiger charge is 2.15. The Hall–Kier alpha value is -1.58. The molecule has 1 aromatic carbocycles. The summed E-state index contributed by atoms with van der Waals surface area (Å²) in [5, 5.41) is 3.43. The van der Waals surface area contributed by atoms with Crippen molar-refractivity contribution in [1.29, 1.82) is 0 Å². The lowest BCUT2D eigenvalue weighted by molar-refractivity contribution is 0.102. The first kappa shape index (κ1) is 14.4. The van der Waals surface area contributed by atoms with Crippen molar-refractivity contribution in [2.24, 2.45) is 0 Å². The Bertz CT molecular complexity index is 701. The molecule has 2 aromatic rings. The second-order valence-corrected chi connectivity index (χ2v) is 5.87. The van der Waals surface area contributed by atoms with Crippen LogP contribution >= 0.6 is 23.2 Å². The van der Waals surface area contributed by atoms with Crippen LogP contribution in [0.3, 0.4) is 0 Å². The summed E-state index contributed by atoms with van der Waals surface area (Å²) >= 11 is 11.7. The summed E-state index contributed by atoms with van der Waals surface area (Å²) in [7, 11) is 0. The molecule has 0 unspecified atom stereocenters. The summed E-state index contributed by atoms with van der Waals surface area (Å²) in [5.41, 5.74) is 3.84. The predicted octanol–water partition coefficient (Wildman–Crippen LogP) is 4.52. The van der Waals surface area contributed by atoms with Gasteiger partial charge in [0.1, 0.15) is 5.15 Å². The zero-order chi connectivity index (χ0) is 14.8. The Morgan fingerprint density at radius 3 is 2.81 bits per heavy atom. The van der Waals surface area contributed by atoms with Gasteiger partial charge in [-0.25, -0.2) is 4.98 Å². The van der Waals surface area contributed by atoms with Crippen molar-refractivity contribution < 1.29 is 4.79 Å². The molecular weight excluding hydrogens is 307 g/mol. The molecule has 1 aliphatic carbocycles. The third kappa shape index (κ3) is 3.04. The van der Waals surface area contributed by atoms with E-state index in [4.69, 9.17) is 23.2 Å². The summed E-state index contributed by atoms with van der Waals surface area (Å²) in [6, 6.07) is 7.58. The van der Waals surface area contributed by atoms with E-state index in [0.29, 0.717) is 5.56 Å². The lowest BCUT2D eigenvalue weighted by Gasteiger charge is -2.19. The van der Waals surface area contributed by atoms with E-state index in [1.54, 1.807) is 0 Å². The standard InChI is InChI=1S/C16H14Cl2N2O/c17-13-8-11(9-19-15(13)18)16(21)20-14-7-3-5-10-4-1-2-6-12(10)14/h3,5,7-9H,1-2,4,6H2,(H,20,21). The molecule has 3 nitrogen and oxygen atoms in total. The van der Waals surface area contributed by atoms with Gasteiger partial charge in [-0.05, 0) is 48.9 Å². The Balaban J connectivity index is 1.86. The maximum Gasteiger partial charge on any atom is 0.257 e. The number of nitrogens with one attached hydrogen (secondary N) is 1. The van der Waals surface area contributed by atoms with E-state index in [9.17, 15) is 4.79 Å². The fraction of sp³-hybridized carbons (Fsp3) is 0.250. The minimum absolute atomic E-state index is 0.199. The van der Waals surface area contributed by atoms with E-state index in [1.165, 1.54) is 29.8 Å². The first-order valence-corrected chi connectivity index (χ1v) is 7.64. The average molecular weight is 321 g/mol. The molecule has 0 saturated carbocycles. The van der Waals surface area contributed by atoms with E-state index < -0.39 is 0 Å². The van der Waals surface area contributed by atoms with Crippen LogP contribution < -0.4 is 5.32 Å². The maximum absolute atomic E-state index is 12.3. The van der Waals surface area contributed by atoms with Crippen molar-refractivity contribution in [1.82, 2.24) is 4.98 Å². The number of hydrogen-bond acceptors (Lipinski definition) is 2. The summed E-state index contributed by atoms with van der Waals surface area (Å²) < 4.78 is 0. The number of nitrogens with zero attached hydrogens (tertiary/aromatic N) is 1. The number of aryl methyl sites for hydroxylation is 1. The number of amides is 1. The Morgan fingerprint density at radius 1 is 1.19 bits per heavy atom. The smallest absolute Gasteiger partial charge is 0.257 e. The molecule has 0 saturated heterocycles. The molecule has 0 spiro atoms. The summed E-state index contributed by atoms with van der Waals surface area (Å²) in [6.45, 7) is 0. The normalized spacial score (nSPS) is 13.6. The molecule has 5 heteroatoms. The van der Waals surface area contributed by atoms with Crippen molar-refractivity contribution in [3.63, 3.8) is 0 Å². The van der Waals surface area contributed by atoms with E-state index in [1.807, 2.05) is 12.1 Å². The number of benzene rings is 1. The number of pyridine rings is 1. The Labute approximate surface area is 133 Å². The molecule has 1 amide bonds. The molecule has 108 valence electrons. The van der Waals surface area contributed by atoms with Gasteiger partial charge in [-0.3, -0.25) is 4.79 Å². The molecular formula is C16H14Cl2N2O. The molecule has 1 aliphatic rings. The molecule has 1 heterocycles.